The number of ketones is 1. The van der Waals surface area contributed by atoms with Crippen LogP contribution in [-0.4, -0.2) is 29.7 Å². The molecule has 0 aliphatic rings. The molecule has 0 radical (unpaired) electrons. The Morgan fingerprint density at radius 1 is 1.38 bits per heavy atom. The average Bonchev–Trinajstić information content (AvgIpc) is 2.28. The van der Waals surface area contributed by atoms with Crippen LogP contribution in [0.5, 0.6) is 0 Å². The van der Waals surface area contributed by atoms with Crippen LogP contribution in [0.15, 0.2) is 29.2 Å². The summed E-state index contributed by atoms with van der Waals surface area (Å²) in [5, 5.41) is 0. The molecule has 0 saturated carbocycles. The number of hydrogen-bond acceptors (Lipinski definition) is 4. The predicted octanol–water partition coefficient (Wildman–Crippen LogP) is 1.17. The molecule has 16 heavy (non-hydrogen) atoms. The molecular weight excluding hydrogens is 228 g/mol. The van der Waals surface area contributed by atoms with E-state index >= 15 is 0 Å². The van der Waals surface area contributed by atoms with Crippen molar-refractivity contribution in [3.05, 3.63) is 29.8 Å². The third kappa shape index (κ3) is 3.08. The maximum Gasteiger partial charge on any atom is 0.313 e. The van der Waals surface area contributed by atoms with E-state index in [1.54, 1.807) is 24.3 Å². The summed E-state index contributed by atoms with van der Waals surface area (Å²) in [7, 11) is 1.22. The van der Waals surface area contributed by atoms with Crippen LogP contribution in [0.1, 0.15) is 16.8 Å². The molecule has 0 aromatic heterocycles. The summed E-state index contributed by atoms with van der Waals surface area (Å²) in [5.41, 5.74) is 0.314. The van der Waals surface area contributed by atoms with Gasteiger partial charge in [0.15, 0.2) is 10.7 Å². The fourth-order valence-corrected chi connectivity index (χ4v) is 2.01. The first-order valence-corrected chi connectivity index (χ1v) is 6.14. The molecular formula is C11H12O4S. The number of benzene rings is 1. The highest BCUT2D eigenvalue weighted by atomic mass is 32.2. The van der Waals surface area contributed by atoms with E-state index in [0.29, 0.717) is 10.5 Å². The molecule has 0 amide bonds. The standard InChI is InChI=1S/C11H12O4S/c1-15-11(13)7-9(12)8-5-3-4-6-10(8)16(2)14/h3-6H,7H2,1-2H3. The number of carbonyl (C=O) groups excluding carboxylic acids is 2. The van der Waals surface area contributed by atoms with Crippen molar-refractivity contribution in [2.75, 3.05) is 13.4 Å². The second kappa shape index (κ2) is 5.67. The number of methoxy groups -OCH3 is 1. The van der Waals surface area contributed by atoms with Crippen molar-refractivity contribution in [2.24, 2.45) is 0 Å². The summed E-state index contributed by atoms with van der Waals surface area (Å²) in [6.45, 7) is 0. The number of hydrogen-bond donors (Lipinski definition) is 0. The first-order valence-electron chi connectivity index (χ1n) is 4.58. The summed E-state index contributed by atoms with van der Waals surface area (Å²) in [6, 6.07) is 6.54. The van der Waals surface area contributed by atoms with Gasteiger partial charge in [0.05, 0.1) is 12.7 Å². The van der Waals surface area contributed by atoms with Crippen LogP contribution >= 0.6 is 0 Å². The Kier molecular flexibility index (Phi) is 4.52. The molecule has 0 heterocycles. The van der Waals surface area contributed by atoms with Gasteiger partial charge in [-0.1, -0.05) is 12.1 Å². The Bertz CT molecular complexity index is 401. The Morgan fingerprint density at radius 2 is 2.00 bits per heavy atom. The highest BCUT2D eigenvalue weighted by Gasteiger charge is 2.19. The predicted molar refractivity (Wildman–Crippen MR) is 59.7 cm³/mol. The minimum atomic E-state index is -1.25. The third-order valence-corrected chi connectivity index (χ3v) is 3.01. The first kappa shape index (κ1) is 12.7. The maximum absolute atomic E-state index is 11.7. The number of rotatable bonds is 4. The van der Waals surface area contributed by atoms with Gasteiger partial charge in [0, 0.05) is 0 Å². The molecule has 4 nitrogen and oxygen atoms in total. The molecule has 0 saturated heterocycles. The molecule has 1 atom stereocenters. The number of ether oxygens (including phenoxy) is 1. The van der Waals surface area contributed by atoms with Crippen molar-refractivity contribution in [3.63, 3.8) is 0 Å². The summed E-state index contributed by atoms with van der Waals surface area (Å²) in [5.74, 6) is -0.973. The second-order valence-electron chi connectivity index (χ2n) is 3.13. The molecule has 0 aliphatic carbocycles. The van der Waals surface area contributed by atoms with Gasteiger partial charge in [0.1, 0.15) is 12.7 Å². The van der Waals surface area contributed by atoms with Gasteiger partial charge in [-0.05, 0) is 23.3 Å². The second-order valence-corrected chi connectivity index (χ2v) is 4.47. The molecule has 1 aromatic rings. The van der Waals surface area contributed by atoms with E-state index in [9.17, 15) is 14.1 Å². The van der Waals surface area contributed by atoms with E-state index in [2.05, 4.69) is 4.74 Å². The van der Waals surface area contributed by atoms with Crippen LogP contribution < -0.4 is 0 Å². The first-order chi connectivity index (χ1) is 7.56. The summed E-state index contributed by atoms with van der Waals surface area (Å²) >= 11 is -1.25. The van der Waals surface area contributed by atoms with Gasteiger partial charge < -0.3 is 9.29 Å². The van der Waals surface area contributed by atoms with Crippen molar-refractivity contribution >= 4 is 22.9 Å². The number of esters is 1. The van der Waals surface area contributed by atoms with Crippen LogP contribution in [0.2, 0.25) is 0 Å². The fourth-order valence-electron chi connectivity index (χ4n) is 1.25. The van der Waals surface area contributed by atoms with Crippen molar-refractivity contribution in [1.82, 2.24) is 0 Å². The third-order valence-electron chi connectivity index (χ3n) is 2.03. The monoisotopic (exact) mass is 240 g/mol. The SMILES string of the molecule is COC(=O)CC(=O)c1ccccc1[S+](C)[O-]. The van der Waals surface area contributed by atoms with Gasteiger partial charge in [-0.25, -0.2) is 0 Å². The molecule has 0 aliphatic heterocycles. The van der Waals surface area contributed by atoms with Gasteiger partial charge in [0.25, 0.3) is 0 Å². The van der Waals surface area contributed by atoms with Gasteiger partial charge >= 0.3 is 5.97 Å². The van der Waals surface area contributed by atoms with E-state index in [1.165, 1.54) is 13.4 Å². The molecule has 5 heteroatoms. The summed E-state index contributed by atoms with van der Waals surface area (Å²) in [4.78, 5) is 23.1. The van der Waals surface area contributed by atoms with Crippen LogP contribution in [0.3, 0.4) is 0 Å². The number of Topliss-reactive ketones (excluding diaryl/α,β-unsaturated/α-hetero) is 1. The lowest BCUT2D eigenvalue weighted by molar-refractivity contribution is -0.139. The van der Waals surface area contributed by atoms with Gasteiger partial charge in [-0.3, -0.25) is 9.59 Å². The Hall–Kier alpha value is -1.33. The zero-order valence-electron chi connectivity index (χ0n) is 9.06. The van der Waals surface area contributed by atoms with Gasteiger partial charge in [0.2, 0.25) is 0 Å². The lowest BCUT2D eigenvalue weighted by atomic mass is 10.1. The molecule has 0 fully saturated rings. The molecule has 0 spiro atoms. The van der Waals surface area contributed by atoms with Crippen LogP contribution in [0.25, 0.3) is 0 Å². The quantitative estimate of drug-likeness (QED) is 0.343. The topological polar surface area (TPSA) is 66.4 Å². The molecule has 0 bridgehead atoms. The van der Waals surface area contributed by atoms with Crippen LogP contribution in [0, 0.1) is 0 Å². The largest absolute Gasteiger partial charge is 0.612 e. The molecule has 1 rings (SSSR count). The maximum atomic E-state index is 11.7. The molecule has 86 valence electrons. The fraction of sp³-hybridized carbons (Fsp3) is 0.273. The van der Waals surface area contributed by atoms with Crippen molar-refractivity contribution < 1.29 is 18.9 Å². The van der Waals surface area contributed by atoms with E-state index in [-0.39, 0.29) is 12.2 Å². The molecule has 1 unspecified atom stereocenters. The van der Waals surface area contributed by atoms with Crippen LogP contribution in [-0.2, 0) is 20.7 Å². The van der Waals surface area contributed by atoms with E-state index < -0.39 is 17.1 Å². The van der Waals surface area contributed by atoms with Crippen LogP contribution in [0.4, 0.5) is 0 Å². The number of carbonyl (C=O) groups is 2. The van der Waals surface area contributed by atoms with E-state index in [0.717, 1.165) is 0 Å². The summed E-state index contributed by atoms with van der Waals surface area (Å²) in [6.07, 6.45) is 1.16. The van der Waals surface area contributed by atoms with E-state index in [4.69, 9.17) is 0 Å². The molecule has 0 N–H and O–H groups in total. The average molecular weight is 240 g/mol. The van der Waals surface area contributed by atoms with Crippen molar-refractivity contribution in [2.45, 2.75) is 11.3 Å². The lowest BCUT2D eigenvalue weighted by Gasteiger charge is -2.08. The Balaban J connectivity index is 2.95. The highest BCUT2D eigenvalue weighted by molar-refractivity contribution is 7.90. The van der Waals surface area contributed by atoms with Crippen molar-refractivity contribution in [3.8, 4) is 0 Å². The Morgan fingerprint density at radius 3 is 2.56 bits per heavy atom. The lowest BCUT2D eigenvalue weighted by Crippen LogP contribution is -2.13. The zero-order chi connectivity index (χ0) is 12.1. The minimum Gasteiger partial charge on any atom is -0.612 e. The summed E-state index contributed by atoms with van der Waals surface area (Å²) < 4.78 is 15.8. The van der Waals surface area contributed by atoms with Gasteiger partial charge in [-0.2, -0.15) is 0 Å². The molecule has 1 aromatic carbocycles. The minimum absolute atomic E-state index is 0.314. The van der Waals surface area contributed by atoms with Crippen molar-refractivity contribution in [1.29, 1.82) is 0 Å². The normalized spacial score (nSPS) is 11.9. The van der Waals surface area contributed by atoms with E-state index in [1.807, 2.05) is 0 Å². The smallest absolute Gasteiger partial charge is 0.313 e. The highest BCUT2D eigenvalue weighted by Crippen LogP contribution is 2.17. The zero-order valence-corrected chi connectivity index (χ0v) is 9.87. The van der Waals surface area contributed by atoms with Gasteiger partial charge in [-0.15, -0.1) is 0 Å². The Labute approximate surface area is 96.8 Å².